The largest absolute Gasteiger partial charge is 0.446 e. The molecule has 0 radical (unpaired) electrons. The van der Waals surface area contributed by atoms with Crippen molar-refractivity contribution in [3.05, 3.63) is 29.3 Å². The summed E-state index contributed by atoms with van der Waals surface area (Å²) < 4.78 is 36.8. The Morgan fingerprint density at radius 1 is 1.20 bits per heavy atom. The van der Waals surface area contributed by atoms with Gasteiger partial charge in [0, 0.05) is 4.90 Å². The van der Waals surface area contributed by atoms with Gasteiger partial charge in [0.05, 0.1) is 0 Å². The van der Waals surface area contributed by atoms with Crippen LogP contribution in [0.5, 0.6) is 0 Å². The molecule has 0 aromatic heterocycles. The first kappa shape index (κ1) is 12.4. The summed E-state index contributed by atoms with van der Waals surface area (Å²) in [4.78, 5) is 0.317. The van der Waals surface area contributed by atoms with Gasteiger partial charge in [-0.1, -0.05) is 26.0 Å². The second kappa shape index (κ2) is 4.47. The lowest BCUT2D eigenvalue weighted by Crippen LogP contribution is -2.02. The first-order valence-corrected chi connectivity index (χ1v) is 5.47. The van der Waals surface area contributed by atoms with Crippen molar-refractivity contribution in [2.75, 3.05) is 0 Å². The normalized spacial score (nSPS) is 12.2. The van der Waals surface area contributed by atoms with Crippen LogP contribution in [-0.2, 0) is 0 Å². The second-order valence-corrected chi connectivity index (χ2v) is 4.85. The lowest BCUT2D eigenvalue weighted by molar-refractivity contribution is -0.0328. The molecule has 0 unspecified atom stereocenters. The number of aryl methyl sites for hydroxylation is 1. The van der Waals surface area contributed by atoms with E-state index in [0.29, 0.717) is 4.90 Å². The highest BCUT2D eigenvalue weighted by Gasteiger charge is 2.30. The number of benzene rings is 1. The van der Waals surface area contributed by atoms with E-state index in [4.69, 9.17) is 0 Å². The molecule has 0 saturated carbocycles. The molecule has 4 heteroatoms. The summed E-state index contributed by atoms with van der Waals surface area (Å²) in [5, 5.41) is 0. The van der Waals surface area contributed by atoms with E-state index < -0.39 is 5.51 Å². The van der Waals surface area contributed by atoms with Crippen molar-refractivity contribution >= 4 is 11.8 Å². The average Bonchev–Trinajstić information content (AvgIpc) is 1.99. The molecule has 0 spiro atoms. The van der Waals surface area contributed by atoms with E-state index in [0.717, 1.165) is 11.1 Å². The van der Waals surface area contributed by atoms with Crippen molar-refractivity contribution < 1.29 is 13.2 Å². The van der Waals surface area contributed by atoms with Gasteiger partial charge < -0.3 is 0 Å². The third kappa shape index (κ3) is 3.78. The highest BCUT2D eigenvalue weighted by molar-refractivity contribution is 8.00. The maximum atomic E-state index is 12.3. The molecule has 0 saturated heterocycles. The first-order chi connectivity index (χ1) is 6.79. The van der Waals surface area contributed by atoms with E-state index in [1.807, 2.05) is 19.9 Å². The molecule has 0 N–H and O–H groups in total. The van der Waals surface area contributed by atoms with Crippen LogP contribution in [0.4, 0.5) is 13.2 Å². The minimum absolute atomic E-state index is 0.0301. The number of hydrogen-bond donors (Lipinski definition) is 0. The van der Waals surface area contributed by atoms with Crippen molar-refractivity contribution in [3.63, 3.8) is 0 Å². The lowest BCUT2D eigenvalue weighted by Gasteiger charge is -2.14. The van der Waals surface area contributed by atoms with Crippen molar-refractivity contribution in [3.8, 4) is 0 Å². The van der Waals surface area contributed by atoms with E-state index >= 15 is 0 Å². The van der Waals surface area contributed by atoms with Crippen LogP contribution in [0.2, 0.25) is 0 Å². The Labute approximate surface area is 91.9 Å². The van der Waals surface area contributed by atoms with Gasteiger partial charge in [0.15, 0.2) is 0 Å². The zero-order valence-electron chi connectivity index (χ0n) is 8.85. The predicted octanol–water partition coefficient (Wildman–Crippen LogP) is 4.73. The van der Waals surface area contributed by atoms with Gasteiger partial charge in [0.2, 0.25) is 0 Å². The van der Waals surface area contributed by atoms with Gasteiger partial charge in [-0.3, -0.25) is 0 Å². The van der Waals surface area contributed by atoms with Crippen LogP contribution in [0.15, 0.2) is 23.1 Å². The van der Waals surface area contributed by atoms with Crippen molar-refractivity contribution in [1.29, 1.82) is 0 Å². The molecule has 1 aromatic rings. The van der Waals surface area contributed by atoms with Crippen LogP contribution in [-0.4, -0.2) is 5.51 Å². The van der Waals surface area contributed by atoms with Gasteiger partial charge >= 0.3 is 5.51 Å². The quantitative estimate of drug-likeness (QED) is 0.666. The van der Waals surface area contributed by atoms with Crippen LogP contribution in [0.25, 0.3) is 0 Å². The zero-order valence-corrected chi connectivity index (χ0v) is 9.67. The fourth-order valence-corrected chi connectivity index (χ4v) is 2.25. The maximum absolute atomic E-state index is 12.3. The van der Waals surface area contributed by atoms with Gasteiger partial charge in [0.1, 0.15) is 0 Å². The number of hydrogen-bond acceptors (Lipinski definition) is 1. The summed E-state index contributed by atoms with van der Waals surface area (Å²) in [6.07, 6.45) is 0. The van der Waals surface area contributed by atoms with E-state index in [-0.39, 0.29) is 17.7 Å². The predicted molar refractivity (Wildman–Crippen MR) is 57.2 cm³/mol. The summed E-state index contributed by atoms with van der Waals surface area (Å²) in [6.45, 7) is 5.58. The summed E-state index contributed by atoms with van der Waals surface area (Å²) in [5.74, 6) is 0.107. The highest BCUT2D eigenvalue weighted by Crippen LogP contribution is 2.40. The molecule has 0 nitrogen and oxygen atoms in total. The molecule has 0 amide bonds. The second-order valence-electron chi connectivity index (χ2n) is 3.74. The van der Waals surface area contributed by atoms with E-state index in [2.05, 4.69) is 0 Å². The van der Waals surface area contributed by atoms with Crippen molar-refractivity contribution in [2.45, 2.75) is 37.1 Å². The molecule has 0 fully saturated rings. The minimum Gasteiger partial charge on any atom is -0.160 e. The van der Waals surface area contributed by atoms with Crippen LogP contribution >= 0.6 is 11.8 Å². The Bertz CT molecular complexity index is 342. The van der Waals surface area contributed by atoms with Crippen LogP contribution in [0.3, 0.4) is 0 Å². The van der Waals surface area contributed by atoms with Crippen LogP contribution in [0.1, 0.15) is 30.9 Å². The third-order valence-electron chi connectivity index (χ3n) is 2.02. The maximum Gasteiger partial charge on any atom is 0.446 e. The highest BCUT2D eigenvalue weighted by atomic mass is 32.2. The monoisotopic (exact) mass is 234 g/mol. The molecule has 0 aliphatic heterocycles. The zero-order chi connectivity index (χ0) is 11.6. The summed E-state index contributed by atoms with van der Waals surface area (Å²) in [5.41, 5.74) is -2.61. The number of thioether (sulfide) groups is 1. The summed E-state index contributed by atoms with van der Waals surface area (Å²) in [7, 11) is 0. The number of halogens is 3. The lowest BCUT2D eigenvalue weighted by atomic mass is 10.0. The molecule has 15 heavy (non-hydrogen) atoms. The molecule has 84 valence electrons. The molecule has 0 aliphatic carbocycles. The van der Waals surface area contributed by atoms with Crippen molar-refractivity contribution in [2.24, 2.45) is 0 Å². The average molecular weight is 234 g/mol. The molecule has 0 atom stereocenters. The van der Waals surface area contributed by atoms with E-state index in [1.54, 1.807) is 19.1 Å². The molecular weight excluding hydrogens is 221 g/mol. The topological polar surface area (TPSA) is 0 Å². The number of alkyl halides is 3. The Hall–Kier alpha value is -0.640. The van der Waals surface area contributed by atoms with Gasteiger partial charge in [-0.15, -0.1) is 0 Å². The first-order valence-electron chi connectivity index (χ1n) is 4.66. The molecular formula is C11H13F3S. The standard InChI is InChI=1S/C11H13F3S/c1-7(2)9-5-4-8(3)6-10(9)15-11(12,13)14/h4-7H,1-3H3. The molecule has 0 aliphatic rings. The molecule has 1 aromatic carbocycles. The Kier molecular flexibility index (Phi) is 3.71. The molecule has 1 rings (SSSR count). The third-order valence-corrected chi connectivity index (χ3v) is 2.82. The van der Waals surface area contributed by atoms with Gasteiger partial charge in [-0.2, -0.15) is 13.2 Å². The summed E-state index contributed by atoms with van der Waals surface area (Å²) >= 11 is -0.0301. The van der Waals surface area contributed by atoms with Gasteiger partial charge in [0.25, 0.3) is 0 Å². The SMILES string of the molecule is Cc1ccc(C(C)C)c(SC(F)(F)F)c1. The van der Waals surface area contributed by atoms with Gasteiger partial charge in [-0.05, 0) is 41.8 Å². The Morgan fingerprint density at radius 3 is 2.27 bits per heavy atom. The van der Waals surface area contributed by atoms with Crippen LogP contribution < -0.4 is 0 Å². The Morgan fingerprint density at radius 2 is 1.80 bits per heavy atom. The van der Waals surface area contributed by atoms with E-state index in [9.17, 15) is 13.2 Å². The smallest absolute Gasteiger partial charge is 0.160 e. The Balaban J connectivity index is 3.08. The van der Waals surface area contributed by atoms with Crippen molar-refractivity contribution in [1.82, 2.24) is 0 Å². The number of rotatable bonds is 2. The molecule has 0 heterocycles. The van der Waals surface area contributed by atoms with Gasteiger partial charge in [-0.25, -0.2) is 0 Å². The van der Waals surface area contributed by atoms with E-state index in [1.165, 1.54) is 0 Å². The fraction of sp³-hybridized carbons (Fsp3) is 0.455. The summed E-state index contributed by atoms with van der Waals surface area (Å²) in [6, 6.07) is 5.21. The fourth-order valence-electron chi connectivity index (χ4n) is 1.33. The minimum atomic E-state index is -4.21. The van der Waals surface area contributed by atoms with Crippen LogP contribution in [0, 0.1) is 6.92 Å². The molecule has 0 bridgehead atoms.